The van der Waals surface area contributed by atoms with Crippen LogP contribution in [0.4, 0.5) is 4.79 Å². The van der Waals surface area contributed by atoms with Crippen LogP contribution in [-0.2, 0) is 4.79 Å². The molecule has 5 aliphatic rings. The minimum absolute atomic E-state index is 0.0402. The quantitative estimate of drug-likeness (QED) is 0.722. The van der Waals surface area contributed by atoms with Crippen molar-refractivity contribution in [1.29, 1.82) is 0 Å². The van der Waals surface area contributed by atoms with E-state index in [0.29, 0.717) is 12.6 Å². The van der Waals surface area contributed by atoms with Gasteiger partial charge in [-0.15, -0.1) is 0 Å². The zero-order valence-electron chi connectivity index (χ0n) is 14.6. The number of carbonyl (C=O) groups is 2. The van der Waals surface area contributed by atoms with E-state index in [1.54, 1.807) is 0 Å². The van der Waals surface area contributed by atoms with E-state index in [4.69, 9.17) is 0 Å². The van der Waals surface area contributed by atoms with Gasteiger partial charge in [0.05, 0.1) is 6.54 Å². The third-order valence-electron chi connectivity index (χ3n) is 6.66. The highest BCUT2D eigenvalue weighted by atomic mass is 16.2. The van der Waals surface area contributed by atoms with Crippen LogP contribution in [0, 0.1) is 17.8 Å². The standard InChI is InChI=1S/C18H30N4O2/c1-12-10-19-2-3-22(12)11-16(23)20-17(24)21-18-7-13-4-14(8-18)6-15(5-13)9-18/h12-15,19H,2-11H2,1H3,(H2,20,21,23,24)/t12-,13?,14?,15?,18?/m0/s1. The molecule has 0 aromatic heterocycles. The predicted octanol–water partition coefficient (Wildman–Crippen LogP) is 1.07. The number of piperazine rings is 1. The molecular formula is C18H30N4O2. The number of nitrogens with zero attached hydrogens (tertiary/aromatic N) is 1. The van der Waals surface area contributed by atoms with Gasteiger partial charge in [0, 0.05) is 31.2 Å². The van der Waals surface area contributed by atoms with Crippen molar-refractivity contribution in [2.24, 2.45) is 17.8 Å². The average molecular weight is 334 g/mol. The van der Waals surface area contributed by atoms with Gasteiger partial charge < -0.3 is 10.6 Å². The topological polar surface area (TPSA) is 73.5 Å². The molecule has 3 N–H and O–H groups in total. The van der Waals surface area contributed by atoms with E-state index >= 15 is 0 Å². The summed E-state index contributed by atoms with van der Waals surface area (Å²) in [6, 6.07) is 0.0421. The molecule has 4 aliphatic carbocycles. The largest absolute Gasteiger partial charge is 0.332 e. The zero-order chi connectivity index (χ0) is 16.7. The minimum atomic E-state index is -0.287. The molecule has 134 valence electrons. The number of urea groups is 1. The Morgan fingerprint density at radius 1 is 1.12 bits per heavy atom. The van der Waals surface area contributed by atoms with Crippen molar-refractivity contribution in [2.75, 3.05) is 26.2 Å². The molecule has 0 unspecified atom stereocenters. The summed E-state index contributed by atoms with van der Waals surface area (Å²) in [6.07, 6.45) is 7.37. The van der Waals surface area contributed by atoms with Gasteiger partial charge in [0.2, 0.25) is 5.91 Å². The number of carbonyl (C=O) groups excluding carboxylic acids is 2. The first-order valence-electron chi connectivity index (χ1n) is 9.58. The molecule has 6 nitrogen and oxygen atoms in total. The molecule has 5 fully saturated rings. The normalized spacial score (nSPS) is 41.2. The van der Waals surface area contributed by atoms with Crippen LogP contribution in [0.1, 0.15) is 45.4 Å². The van der Waals surface area contributed by atoms with Gasteiger partial charge in [-0.3, -0.25) is 15.0 Å². The van der Waals surface area contributed by atoms with Gasteiger partial charge in [-0.05, 0) is 63.2 Å². The summed E-state index contributed by atoms with van der Waals surface area (Å²) >= 11 is 0. The van der Waals surface area contributed by atoms with E-state index in [2.05, 4.69) is 27.8 Å². The Balaban J connectivity index is 1.29. The van der Waals surface area contributed by atoms with Crippen LogP contribution >= 0.6 is 0 Å². The summed E-state index contributed by atoms with van der Waals surface area (Å²) in [5.41, 5.74) is -0.0402. The minimum Gasteiger partial charge on any atom is -0.332 e. The molecule has 0 aromatic rings. The fourth-order valence-corrected chi connectivity index (χ4v) is 6.00. The predicted molar refractivity (Wildman–Crippen MR) is 91.5 cm³/mol. The molecule has 1 aliphatic heterocycles. The molecule has 1 heterocycles. The highest BCUT2D eigenvalue weighted by Gasteiger charge is 2.51. The summed E-state index contributed by atoms with van der Waals surface area (Å²) in [5, 5.41) is 9.09. The van der Waals surface area contributed by atoms with Gasteiger partial charge in [0.15, 0.2) is 0 Å². The first kappa shape index (κ1) is 16.3. The zero-order valence-corrected chi connectivity index (χ0v) is 14.6. The van der Waals surface area contributed by atoms with E-state index in [-0.39, 0.29) is 17.5 Å². The van der Waals surface area contributed by atoms with E-state index in [0.717, 1.165) is 56.7 Å². The van der Waals surface area contributed by atoms with Crippen LogP contribution < -0.4 is 16.0 Å². The molecule has 4 saturated carbocycles. The number of hydrogen-bond donors (Lipinski definition) is 3. The van der Waals surface area contributed by atoms with Crippen molar-refractivity contribution in [3.63, 3.8) is 0 Å². The second kappa shape index (κ2) is 6.30. The Labute approximate surface area is 144 Å². The third kappa shape index (κ3) is 3.31. The van der Waals surface area contributed by atoms with Crippen LogP contribution in [0.15, 0.2) is 0 Å². The Bertz CT molecular complexity index is 486. The summed E-state index contributed by atoms with van der Waals surface area (Å²) < 4.78 is 0. The first-order valence-corrected chi connectivity index (χ1v) is 9.58. The highest BCUT2D eigenvalue weighted by molar-refractivity contribution is 5.95. The lowest BCUT2D eigenvalue weighted by Gasteiger charge is -2.56. The van der Waals surface area contributed by atoms with Gasteiger partial charge in [0.1, 0.15) is 0 Å². The monoisotopic (exact) mass is 334 g/mol. The molecule has 4 bridgehead atoms. The fourth-order valence-electron chi connectivity index (χ4n) is 6.00. The van der Waals surface area contributed by atoms with Gasteiger partial charge in [-0.1, -0.05) is 0 Å². The average Bonchev–Trinajstić information content (AvgIpc) is 2.47. The van der Waals surface area contributed by atoms with Gasteiger partial charge >= 0.3 is 6.03 Å². The van der Waals surface area contributed by atoms with E-state index in [9.17, 15) is 9.59 Å². The molecule has 0 radical (unpaired) electrons. The van der Waals surface area contributed by atoms with Crippen LogP contribution in [-0.4, -0.2) is 54.6 Å². The van der Waals surface area contributed by atoms with Gasteiger partial charge in [0.25, 0.3) is 0 Å². The van der Waals surface area contributed by atoms with Crippen molar-refractivity contribution in [2.45, 2.75) is 57.0 Å². The molecule has 1 atom stereocenters. The van der Waals surface area contributed by atoms with Crippen molar-refractivity contribution in [1.82, 2.24) is 20.9 Å². The molecule has 0 aromatic carbocycles. The van der Waals surface area contributed by atoms with Crippen molar-refractivity contribution < 1.29 is 9.59 Å². The number of imide groups is 1. The lowest BCUT2D eigenvalue weighted by atomic mass is 9.53. The molecule has 5 rings (SSSR count). The third-order valence-corrected chi connectivity index (χ3v) is 6.66. The fraction of sp³-hybridized carbons (Fsp3) is 0.889. The SMILES string of the molecule is C[C@H]1CNCCN1CC(=O)NC(=O)NC12CC3CC(CC(C3)C1)C2. The van der Waals surface area contributed by atoms with Crippen molar-refractivity contribution in [3.05, 3.63) is 0 Å². The first-order chi connectivity index (χ1) is 11.5. The lowest BCUT2D eigenvalue weighted by Crippen LogP contribution is -2.62. The van der Waals surface area contributed by atoms with Crippen molar-refractivity contribution in [3.8, 4) is 0 Å². The van der Waals surface area contributed by atoms with Gasteiger partial charge in [-0.2, -0.15) is 0 Å². The highest BCUT2D eigenvalue weighted by Crippen LogP contribution is 2.55. The second-order valence-corrected chi connectivity index (χ2v) is 8.72. The molecular weight excluding hydrogens is 304 g/mol. The van der Waals surface area contributed by atoms with Crippen LogP contribution in [0.2, 0.25) is 0 Å². The van der Waals surface area contributed by atoms with E-state index < -0.39 is 0 Å². The van der Waals surface area contributed by atoms with Crippen molar-refractivity contribution >= 4 is 11.9 Å². The molecule has 0 spiro atoms. The lowest BCUT2D eigenvalue weighted by molar-refractivity contribution is -0.121. The maximum atomic E-state index is 12.4. The van der Waals surface area contributed by atoms with Gasteiger partial charge in [-0.25, -0.2) is 4.79 Å². The molecule has 1 saturated heterocycles. The summed E-state index contributed by atoms with van der Waals surface area (Å²) in [6.45, 7) is 5.06. The molecule has 6 heteroatoms. The number of nitrogens with one attached hydrogen (secondary N) is 3. The summed E-state index contributed by atoms with van der Waals surface area (Å²) in [5.74, 6) is 2.17. The second-order valence-electron chi connectivity index (χ2n) is 8.72. The Morgan fingerprint density at radius 3 is 2.33 bits per heavy atom. The smallest absolute Gasteiger partial charge is 0.321 e. The number of hydrogen-bond acceptors (Lipinski definition) is 4. The summed E-state index contributed by atoms with van der Waals surface area (Å²) in [7, 11) is 0. The molecule has 3 amide bonds. The molecule has 24 heavy (non-hydrogen) atoms. The van der Waals surface area contributed by atoms with Crippen LogP contribution in [0.25, 0.3) is 0 Å². The van der Waals surface area contributed by atoms with Crippen LogP contribution in [0.3, 0.4) is 0 Å². The van der Waals surface area contributed by atoms with E-state index in [1.807, 2.05) is 0 Å². The van der Waals surface area contributed by atoms with E-state index in [1.165, 1.54) is 19.3 Å². The Kier molecular flexibility index (Phi) is 4.29. The summed E-state index contributed by atoms with van der Waals surface area (Å²) in [4.78, 5) is 26.7. The maximum Gasteiger partial charge on any atom is 0.321 e. The van der Waals surface area contributed by atoms with Crippen LogP contribution in [0.5, 0.6) is 0 Å². The Morgan fingerprint density at radius 2 is 1.75 bits per heavy atom. The maximum absolute atomic E-state index is 12.4. The Hall–Kier alpha value is -1.14. The number of amides is 3. The number of rotatable bonds is 3.